The third-order valence-corrected chi connectivity index (χ3v) is 3.28. The SMILES string of the molecule is CCNc1ncc(F)c(Nc2c(C)cc(Br)cc2C)n1. The molecule has 0 aliphatic rings. The summed E-state index contributed by atoms with van der Waals surface area (Å²) in [5.74, 6) is 0.0988. The zero-order chi connectivity index (χ0) is 14.7. The van der Waals surface area contributed by atoms with E-state index in [0.717, 1.165) is 27.5 Å². The van der Waals surface area contributed by atoms with Gasteiger partial charge in [0.05, 0.1) is 6.20 Å². The van der Waals surface area contributed by atoms with E-state index in [1.165, 1.54) is 0 Å². The van der Waals surface area contributed by atoms with E-state index in [0.29, 0.717) is 12.5 Å². The van der Waals surface area contributed by atoms with Gasteiger partial charge in [-0.25, -0.2) is 9.37 Å². The van der Waals surface area contributed by atoms with Crippen LogP contribution >= 0.6 is 15.9 Å². The summed E-state index contributed by atoms with van der Waals surface area (Å²) < 4.78 is 14.8. The van der Waals surface area contributed by atoms with Crippen LogP contribution in [-0.2, 0) is 0 Å². The summed E-state index contributed by atoms with van der Waals surface area (Å²) in [5, 5.41) is 6.01. The number of halogens is 2. The molecule has 0 radical (unpaired) electrons. The quantitative estimate of drug-likeness (QED) is 0.878. The van der Waals surface area contributed by atoms with Gasteiger partial charge < -0.3 is 10.6 Å². The Hall–Kier alpha value is -1.69. The topological polar surface area (TPSA) is 49.8 Å². The Bertz CT molecular complexity index is 608. The molecule has 0 aliphatic heterocycles. The van der Waals surface area contributed by atoms with Gasteiger partial charge in [-0.15, -0.1) is 0 Å². The van der Waals surface area contributed by atoms with Gasteiger partial charge in [-0.1, -0.05) is 15.9 Å². The number of aryl methyl sites for hydroxylation is 2. The maximum atomic E-state index is 13.8. The van der Waals surface area contributed by atoms with Crippen molar-refractivity contribution < 1.29 is 4.39 Å². The second-order valence-corrected chi connectivity index (χ2v) is 5.38. The van der Waals surface area contributed by atoms with Crippen LogP contribution in [0.15, 0.2) is 22.8 Å². The smallest absolute Gasteiger partial charge is 0.224 e. The van der Waals surface area contributed by atoms with Crippen molar-refractivity contribution in [3.63, 3.8) is 0 Å². The molecule has 0 saturated heterocycles. The number of nitrogens with zero attached hydrogens (tertiary/aromatic N) is 2. The molecule has 2 rings (SSSR count). The van der Waals surface area contributed by atoms with Gasteiger partial charge in [0.2, 0.25) is 5.95 Å². The fourth-order valence-electron chi connectivity index (χ4n) is 1.92. The van der Waals surface area contributed by atoms with E-state index in [-0.39, 0.29) is 5.82 Å². The van der Waals surface area contributed by atoms with E-state index < -0.39 is 5.82 Å². The molecular formula is C14H16BrFN4. The van der Waals surface area contributed by atoms with Crippen molar-refractivity contribution in [2.45, 2.75) is 20.8 Å². The molecule has 20 heavy (non-hydrogen) atoms. The Morgan fingerprint density at radius 1 is 1.25 bits per heavy atom. The van der Waals surface area contributed by atoms with Gasteiger partial charge >= 0.3 is 0 Å². The number of rotatable bonds is 4. The zero-order valence-electron chi connectivity index (χ0n) is 11.6. The molecule has 0 aliphatic carbocycles. The lowest BCUT2D eigenvalue weighted by molar-refractivity contribution is 0.619. The Balaban J connectivity index is 2.37. The van der Waals surface area contributed by atoms with Crippen molar-refractivity contribution in [2.24, 2.45) is 0 Å². The van der Waals surface area contributed by atoms with Crippen molar-refractivity contribution in [1.82, 2.24) is 9.97 Å². The molecule has 4 nitrogen and oxygen atoms in total. The number of nitrogens with one attached hydrogen (secondary N) is 2. The van der Waals surface area contributed by atoms with E-state index in [4.69, 9.17) is 0 Å². The summed E-state index contributed by atoms with van der Waals surface area (Å²) in [6.45, 7) is 6.54. The van der Waals surface area contributed by atoms with E-state index in [1.54, 1.807) is 0 Å². The van der Waals surface area contributed by atoms with Crippen molar-refractivity contribution >= 4 is 33.4 Å². The van der Waals surface area contributed by atoms with E-state index in [2.05, 4.69) is 36.5 Å². The van der Waals surface area contributed by atoms with Crippen LogP contribution in [0.25, 0.3) is 0 Å². The minimum absolute atomic E-state index is 0.171. The maximum Gasteiger partial charge on any atom is 0.224 e. The third kappa shape index (κ3) is 3.25. The van der Waals surface area contributed by atoms with Crippen molar-refractivity contribution in [1.29, 1.82) is 0 Å². The van der Waals surface area contributed by atoms with Gasteiger partial charge in [-0.2, -0.15) is 4.98 Å². The largest absolute Gasteiger partial charge is 0.354 e. The number of anilines is 3. The summed E-state index contributed by atoms with van der Waals surface area (Å²) in [7, 11) is 0. The van der Waals surface area contributed by atoms with Gasteiger partial charge in [-0.05, 0) is 44.0 Å². The normalized spacial score (nSPS) is 10.4. The van der Waals surface area contributed by atoms with Crippen LogP contribution in [0.1, 0.15) is 18.1 Å². The van der Waals surface area contributed by atoms with Crippen LogP contribution in [0, 0.1) is 19.7 Å². The Kier molecular flexibility index (Phi) is 4.54. The molecule has 2 aromatic rings. The first-order chi connectivity index (χ1) is 9.51. The molecule has 0 amide bonds. The Morgan fingerprint density at radius 3 is 2.50 bits per heavy atom. The molecule has 1 heterocycles. The predicted octanol–water partition coefficient (Wildman–Crippen LogP) is 4.17. The molecule has 0 saturated carbocycles. The lowest BCUT2D eigenvalue weighted by atomic mass is 10.1. The monoisotopic (exact) mass is 338 g/mol. The van der Waals surface area contributed by atoms with Gasteiger partial charge in [0, 0.05) is 16.7 Å². The van der Waals surface area contributed by atoms with Gasteiger partial charge in [-0.3, -0.25) is 0 Å². The third-order valence-electron chi connectivity index (χ3n) is 2.82. The van der Waals surface area contributed by atoms with Crippen LogP contribution in [0.2, 0.25) is 0 Å². The molecule has 1 aromatic carbocycles. The predicted molar refractivity (Wildman–Crippen MR) is 83.1 cm³/mol. The highest BCUT2D eigenvalue weighted by atomic mass is 79.9. The van der Waals surface area contributed by atoms with Crippen LogP contribution in [0.4, 0.5) is 21.8 Å². The van der Waals surface area contributed by atoms with Crippen LogP contribution in [0.5, 0.6) is 0 Å². The first-order valence-electron chi connectivity index (χ1n) is 6.31. The van der Waals surface area contributed by atoms with Gasteiger partial charge in [0.1, 0.15) is 0 Å². The lowest BCUT2D eigenvalue weighted by Crippen LogP contribution is -2.07. The minimum Gasteiger partial charge on any atom is -0.354 e. The van der Waals surface area contributed by atoms with Crippen LogP contribution < -0.4 is 10.6 Å². The Labute approximate surface area is 126 Å². The fraction of sp³-hybridized carbons (Fsp3) is 0.286. The second-order valence-electron chi connectivity index (χ2n) is 4.46. The highest BCUT2D eigenvalue weighted by Gasteiger charge is 2.10. The first kappa shape index (κ1) is 14.7. The molecule has 6 heteroatoms. The Morgan fingerprint density at radius 2 is 1.90 bits per heavy atom. The minimum atomic E-state index is -0.478. The van der Waals surface area contributed by atoms with Gasteiger partial charge in [0.25, 0.3) is 0 Å². The first-order valence-corrected chi connectivity index (χ1v) is 7.10. The number of aromatic nitrogens is 2. The molecule has 0 unspecified atom stereocenters. The molecule has 0 bridgehead atoms. The number of hydrogen-bond acceptors (Lipinski definition) is 4. The maximum absolute atomic E-state index is 13.8. The molecule has 2 N–H and O–H groups in total. The highest BCUT2D eigenvalue weighted by molar-refractivity contribution is 9.10. The zero-order valence-corrected chi connectivity index (χ0v) is 13.2. The number of hydrogen-bond donors (Lipinski definition) is 2. The lowest BCUT2D eigenvalue weighted by Gasteiger charge is -2.14. The summed E-state index contributed by atoms with van der Waals surface area (Å²) in [4.78, 5) is 8.03. The van der Waals surface area contributed by atoms with Gasteiger partial charge in [0.15, 0.2) is 11.6 Å². The van der Waals surface area contributed by atoms with Crippen LogP contribution in [0.3, 0.4) is 0 Å². The molecule has 1 aromatic heterocycles. The average molecular weight is 339 g/mol. The van der Waals surface area contributed by atoms with E-state index >= 15 is 0 Å². The van der Waals surface area contributed by atoms with E-state index in [1.807, 2.05) is 32.9 Å². The highest BCUT2D eigenvalue weighted by Crippen LogP contribution is 2.28. The standard InChI is InChI=1S/C14H16BrFN4/c1-4-17-14-18-7-11(16)13(20-14)19-12-8(2)5-10(15)6-9(12)3/h5-7H,4H2,1-3H3,(H2,17,18,19,20). The van der Waals surface area contributed by atoms with Crippen molar-refractivity contribution in [2.75, 3.05) is 17.2 Å². The number of benzene rings is 1. The second kappa shape index (κ2) is 6.17. The molecule has 0 atom stereocenters. The summed E-state index contributed by atoms with van der Waals surface area (Å²) in [6, 6.07) is 3.94. The molecule has 0 spiro atoms. The van der Waals surface area contributed by atoms with Crippen molar-refractivity contribution in [3.05, 3.63) is 39.7 Å². The van der Waals surface area contributed by atoms with E-state index in [9.17, 15) is 4.39 Å². The summed E-state index contributed by atoms with van der Waals surface area (Å²) in [5.41, 5.74) is 2.88. The molecular weight excluding hydrogens is 323 g/mol. The molecule has 106 valence electrons. The summed E-state index contributed by atoms with van der Waals surface area (Å²) >= 11 is 3.44. The van der Waals surface area contributed by atoms with Crippen LogP contribution in [-0.4, -0.2) is 16.5 Å². The fourth-order valence-corrected chi connectivity index (χ4v) is 2.61. The average Bonchev–Trinajstić information content (AvgIpc) is 2.37. The summed E-state index contributed by atoms with van der Waals surface area (Å²) in [6.07, 6.45) is 1.16. The van der Waals surface area contributed by atoms with Crippen molar-refractivity contribution in [3.8, 4) is 0 Å². The molecule has 0 fully saturated rings.